The van der Waals surface area contributed by atoms with Crippen molar-refractivity contribution in [3.8, 4) is 0 Å². The van der Waals surface area contributed by atoms with Crippen molar-refractivity contribution in [2.75, 3.05) is 39.5 Å². The molecule has 0 saturated carbocycles. The van der Waals surface area contributed by atoms with Gasteiger partial charge in [0.1, 0.15) is 12.2 Å². The second-order valence-electron chi connectivity index (χ2n) is 4.74. The van der Waals surface area contributed by atoms with Crippen LogP contribution in [0, 0.1) is 0 Å². The number of carbonyl (C=O) groups is 2. The Hall–Kier alpha value is -1.99. The summed E-state index contributed by atoms with van der Waals surface area (Å²) >= 11 is 0. The van der Waals surface area contributed by atoms with Gasteiger partial charge in [-0.2, -0.15) is 0 Å². The Morgan fingerprint density at radius 3 is 2.16 bits per heavy atom. The summed E-state index contributed by atoms with van der Waals surface area (Å²) in [4.78, 5) is 24.8. The third-order valence-corrected chi connectivity index (χ3v) is 2.87. The fourth-order valence-corrected chi connectivity index (χ4v) is 1.52. The molecule has 13 nitrogen and oxygen atoms in total. The van der Waals surface area contributed by atoms with Gasteiger partial charge in [0.25, 0.3) is 5.91 Å². The molecule has 2 amide bonds. The summed E-state index contributed by atoms with van der Waals surface area (Å²) in [6.07, 6.45) is -8.42. The topological polar surface area (TPSA) is 220 Å². The molecule has 144 valence electrons. The fourth-order valence-electron chi connectivity index (χ4n) is 1.52. The highest BCUT2D eigenvalue weighted by molar-refractivity contribution is 5.82. The first kappa shape index (κ1) is 23.0. The fraction of sp³-hybridized carbons (Fsp3) is 0.833. The van der Waals surface area contributed by atoms with Crippen LogP contribution in [0.15, 0.2) is 5.11 Å². The zero-order chi connectivity index (χ0) is 19.2. The van der Waals surface area contributed by atoms with E-state index in [4.69, 9.17) is 20.7 Å². The molecule has 0 aliphatic heterocycles. The smallest absolute Gasteiger partial charge is 0.251 e. The van der Waals surface area contributed by atoms with Crippen molar-refractivity contribution in [3.05, 3.63) is 10.4 Å². The molecule has 0 radical (unpaired) electrons. The molecule has 0 aromatic carbocycles. The number of amides is 2. The zero-order valence-corrected chi connectivity index (χ0v) is 13.4. The number of carbonyl (C=O) groups excluding carboxylic acids is 2. The van der Waals surface area contributed by atoms with Crippen molar-refractivity contribution in [2.24, 2.45) is 10.8 Å². The molecule has 4 unspecified atom stereocenters. The molecule has 0 spiro atoms. The summed E-state index contributed by atoms with van der Waals surface area (Å²) in [7, 11) is 0. The lowest BCUT2D eigenvalue weighted by Crippen LogP contribution is -2.54. The quantitative estimate of drug-likeness (QED) is 0.0778. The second-order valence-corrected chi connectivity index (χ2v) is 4.74. The van der Waals surface area contributed by atoms with Crippen LogP contribution in [0.2, 0.25) is 0 Å². The van der Waals surface area contributed by atoms with Crippen LogP contribution >= 0.6 is 0 Å². The summed E-state index contributed by atoms with van der Waals surface area (Å²) < 4.78 is 10.2. The second kappa shape index (κ2) is 13.3. The largest absolute Gasteiger partial charge is 0.387 e. The Morgan fingerprint density at radius 2 is 1.60 bits per heavy atom. The zero-order valence-electron chi connectivity index (χ0n) is 13.4. The van der Waals surface area contributed by atoms with Crippen LogP contribution in [0.25, 0.3) is 10.4 Å². The number of primary amides is 1. The molecule has 0 aromatic rings. The van der Waals surface area contributed by atoms with E-state index in [9.17, 15) is 30.0 Å². The normalized spacial score (nSPS) is 15.5. The number of rotatable bonds is 14. The van der Waals surface area contributed by atoms with Crippen molar-refractivity contribution < 1.29 is 39.5 Å². The lowest BCUT2D eigenvalue weighted by molar-refractivity contribution is -0.154. The van der Waals surface area contributed by atoms with E-state index in [1.54, 1.807) is 0 Å². The van der Waals surface area contributed by atoms with Gasteiger partial charge in [0.05, 0.1) is 26.4 Å². The lowest BCUT2D eigenvalue weighted by Gasteiger charge is -2.24. The Labute approximate surface area is 143 Å². The predicted octanol–water partition coefficient (Wildman–Crippen LogP) is -3.62. The number of nitrogens with one attached hydrogen (secondary N) is 1. The minimum Gasteiger partial charge on any atom is -0.387 e. The number of azide groups is 1. The summed E-state index contributed by atoms with van der Waals surface area (Å²) in [5, 5.41) is 43.2. The highest BCUT2D eigenvalue weighted by atomic mass is 16.5. The molecular weight excluding hydrogens is 342 g/mol. The van der Waals surface area contributed by atoms with Crippen LogP contribution in [0.4, 0.5) is 0 Å². The van der Waals surface area contributed by atoms with E-state index in [0.29, 0.717) is 0 Å². The molecule has 0 fully saturated rings. The van der Waals surface area contributed by atoms with Crippen molar-refractivity contribution in [1.82, 2.24) is 5.32 Å². The Balaban J connectivity index is 3.87. The van der Waals surface area contributed by atoms with E-state index in [1.807, 2.05) is 0 Å². The molecule has 0 rings (SSSR count). The van der Waals surface area contributed by atoms with Gasteiger partial charge in [-0.25, -0.2) is 0 Å². The highest BCUT2D eigenvalue weighted by Gasteiger charge is 2.36. The maximum absolute atomic E-state index is 11.6. The molecule has 0 aliphatic rings. The van der Waals surface area contributed by atoms with Gasteiger partial charge in [-0.1, -0.05) is 5.11 Å². The molecular formula is C12H23N5O8. The number of nitrogens with zero attached hydrogens (tertiary/aromatic N) is 3. The van der Waals surface area contributed by atoms with Gasteiger partial charge in [0, 0.05) is 18.0 Å². The number of nitrogens with two attached hydrogens (primary N) is 1. The minimum absolute atomic E-state index is 0.00416. The van der Waals surface area contributed by atoms with Gasteiger partial charge in [-0.15, -0.1) is 0 Å². The van der Waals surface area contributed by atoms with Gasteiger partial charge >= 0.3 is 0 Å². The molecule has 25 heavy (non-hydrogen) atoms. The van der Waals surface area contributed by atoms with Crippen LogP contribution in [0.1, 0.15) is 0 Å². The van der Waals surface area contributed by atoms with Crippen LogP contribution < -0.4 is 11.1 Å². The molecule has 4 atom stereocenters. The van der Waals surface area contributed by atoms with Gasteiger partial charge in [0.15, 0.2) is 12.2 Å². The van der Waals surface area contributed by atoms with E-state index in [-0.39, 0.29) is 39.5 Å². The van der Waals surface area contributed by atoms with Gasteiger partial charge in [-0.05, 0) is 5.53 Å². The first-order valence-electron chi connectivity index (χ1n) is 7.28. The van der Waals surface area contributed by atoms with E-state index < -0.39 is 36.2 Å². The summed E-state index contributed by atoms with van der Waals surface area (Å²) in [5.41, 5.74) is 12.8. The van der Waals surface area contributed by atoms with Crippen LogP contribution in [-0.2, 0) is 19.1 Å². The van der Waals surface area contributed by atoms with Crippen molar-refractivity contribution >= 4 is 11.8 Å². The SMILES string of the molecule is [N-]=[N+]=NCCOCCOCCNC(=O)C(O)C(O)C(O)C(O)C(N)=O. The first-order valence-corrected chi connectivity index (χ1v) is 7.28. The molecule has 0 aromatic heterocycles. The molecule has 0 aliphatic carbocycles. The van der Waals surface area contributed by atoms with Crippen LogP contribution in [-0.4, -0.2) is 96.2 Å². The molecule has 7 N–H and O–H groups in total. The third kappa shape index (κ3) is 9.79. The van der Waals surface area contributed by atoms with Gasteiger partial charge in [-0.3, -0.25) is 9.59 Å². The average Bonchev–Trinajstić information content (AvgIpc) is 2.60. The van der Waals surface area contributed by atoms with Crippen molar-refractivity contribution in [3.63, 3.8) is 0 Å². The summed E-state index contributed by atoms with van der Waals surface area (Å²) in [5.74, 6) is -2.34. The Kier molecular flexibility index (Phi) is 12.3. The number of hydrogen-bond donors (Lipinski definition) is 6. The Morgan fingerprint density at radius 1 is 1.04 bits per heavy atom. The van der Waals surface area contributed by atoms with Crippen molar-refractivity contribution in [2.45, 2.75) is 24.4 Å². The maximum atomic E-state index is 11.6. The Bertz CT molecular complexity index is 459. The molecule has 0 bridgehead atoms. The average molecular weight is 365 g/mol. The van der Waals surface area contributed by atoms with Crippen LogP contribution in [0.5, 0.6) is 0 Å². The highest BCUT2D eigenvalue weighted by Crippen LogP contribution is 2.05. The molecule has 0 heterocycles. The standard InChI is InChI=1S/C12H23N5O8/c13-11(22)9(20)7(18)8(19)10(21)12(23)15-1-3-24-5-6-25-4-2-16-17-14/h7-10,18-21H,1-6H2,(H2,13,22)(H,15,23). The molecule has 13 heteroatoms. The number of aliphatic hydroxyl groups is 4. The van der Waals surface area contributed by atoms with E-state index in [1.165, 1.54) is 0 Å². The predicted molar refractivity (Wildman–Crippen MR) is 81.9 cm³/mol. The van der Waals surface area contributed by atoms with Gasteiger partial charge < -0.3 is 41.0 Å². The first-order chi connectivity index (χ1) is 11.8. The van der Waals surface area contributed by atoms with Gasteiger partial charge in [0.2, 0.25) is 5.91 Å². The minimum atomic E-state index is -2.13. The number of hydrogen-bond acceptors (Lipinski definition) is 9. The van der Waals surface area contributed by atoms with E-state index >= 15 is 0 Å². The molecule has 0 saturated heterocycles. The summed E-state index contributed by atoms with van der Waals surface area (Å²) in [6, 6.07) is 0. The van der Waals surface area contributed by atoms with Crippen LogP contribution in [0.3, 0.4) is 0 Å². The monoisotopic (exact) mass is 365 g/mol. The van der Waals surface area contributed by atoms with E-state index in [0.717, 1.165) is 0 Å². The number of ether oxygens (including phenoxy) is 2. The third-order valence-electron chi connectivity index (χ3n) is 2.87. The lowest BCUT2D eigenvalue weighted by atomic mass is 10.0. The summed E-state index contributed by atoms with van der Waals surface area (Å²) in [6.45, 7) is 1.03. The van der Waals surface area contributed by atoms with Crippen molar-refractivity contribution in [1.29, 1.82) is 0 Å². The maximum Gasteiger partial charge on any atom is 0.251 e. The van der Waals surface area contributed by atoms with E-state index in [2.05, 4.69) is 15.3 Å². The number of aliphatic hydroxyl groups excluding tert-OH is 4.